The highest BCUT2D eigenvalue weighted by Gasteiger charge is 2.28. The Morgan fingerprint density at radius 1 is 1.28 bits per heavy atom. The van der Waals surface area contributed by atoms with Crippen LogP contribution in [-0.4, -0.2) is 19.0 Å². The topological polar surface area (TPSA) is 50.4 Å². The van der Waals surface area contributed by atoms with Crippen LogP contribution in [0.15, 0.2) is 48.5 Å². The molecule has 0 aliphatic carbocycles. The summed E-state index contributed by atoms with van der Waals surface area (Å²) in [7, 11) is 0. The fraction of sp³-hybridized carbons (Fsp3) is 0.316. The average molecular weight is 365 g/mol. The molecule has 2 N–H and O–H groups in total. The van der Waals surface area contributed by atoms with Crippen molar-refractivity contribution in [2.45, 2.75) is 13.5 Å². The first-order valence-electron chi connectivity index (χ1n) is 8.11. The van der Waals surface area contributed by atoms with Crippen LogP contribution < -0.4 is 15.4 Å². The molecule has 1 atom stereocenters. The highest BCUT2D eigenvalue weighted by molar-refractivity contribution is 5.92. The molecule has 1 aliphatic heterocycles. The van der Waals surface area contributed by atoms with Crippen LogP contribution in [0.2, 0.25) is 0 Å². The van der Waals surface area contributed by atoms with Crippen LogP contribution >= 0.6 is 12.4 Å². The van der Waals surface area contributed by atoms with E-state index in [1.165, 1.54) is 12.1 Å². The van der Waals surface area contributed by atoms with Gasteiger partial charge in [-0.1, -0.05) is 25.1 Å². The molecule has 1 unspecified atom stereocenters. The molecule has 25 heavy (non-hydrogen) atoms. The Morgan fingerprint density at radius 2 is 2.04 bits per heavy atom. The first-order valence-corrected chi connectivity index (χ1v) is 8.11. The minimum atomic E-state index is -0.281. The number of nitrogens with one attached hydrogen (secondary N) is 2. The summed E-state index contributed by atoms with van der Waals surface area (Å²) < 4.78 is 18.8. The summed E-state index contributed by atoms with van der Waals surface area (Å²) >= 11 is 0. The Bertz CT molecular complexity index is 722. The number of hydrogen-bond donors (Lipinski definition) is 2. The number of amides is 1. The van der Waals surface area contributed by atoms with Gasteiger partial charge >= 0.3 is 0 Å². The monoisotopic (exact) mass is 364 g/mol. The molecule has 0 spiro atoms. The maximum atomic E-state index is 13.2. The van der Waals surface area contributed by atoms with Gasteiger partial charge in [-0.25, -0.2) is 4.39 Å². The summed E-state index contributed by atoms with van der Waals surface area (Å²) in [5.41, 5.74) is 1.46. The standard InChI is InChI=1S/C19H21FN2O2.ClH/c1-13(15-10-21-11-15)19(23)22-17-6-3-7-18(9-17)24-12-14-4-2-5-16(20)8-14;/h2-9,13,15,21H,10-12H2,1H3,(H,22,23);1H. The van der Waals surface area contributed by atoms with Gasteiger partial charge in [-0.2, -0.15) is 0 Å². The third-order valence-corrected chi connectivity index (χ3v) is 4.33. The lowest BCUT2D eigenvalue weighted by atomic mass is 9.88. The van der Waals surface area contributed by atoms with E-state index >= 15 is 0 Å². The lowest BCUT2D eigenvalue weighted by Gasteiger charge is -2.31. The second kappa shape index (κ2) is 8.83. The normalized spacial score (nSPS) is 14.8. The smallest absolute Gasteiger partial charge is 0.227 e. The van der Waals surface area contributed by atoms with E-state index in [-0.39, 0.29) is 36.7 Å². The molecule has 0 bridgehead atoms. The van der Waals surface area contributed by atoms with Crippen molar-refractivity contribution in [3.63, 3.8) is 0 Å². The summed E-state index contributed by atoms with van der Waals surface area (Å²) in [6, 6.07) is 13.6. The molecular weight excluding hydrogens is 343 g/mol. The molecule has 1 aliphatic rings. The van der Waals surface area contributed by atoms with E-state index in [0.717, 1.165) is 18.7 Å². The first-order chi connectivity index (χ1) is 11.6. The second-order valence-electron chi connectivity index (χ2n) is 6.14. The van der Waals surface area contributed by atoms with Crippen molar-refractivity contribution in [2.75, 3.05) is 18.4 Å². The summed E-state index contributed by atoms with van der Waals surface area (Å²) in [6.45, 7) is 4.02. The maximum Gasteiger partial charge on any atom is 0.227 e. The molecule has 0 radical (unpaired) electrons. The maximum absolute atomic E-state index is 13.2. The molecule has 4 nitrogen and oxygen atoms in total. The zero-order valence-corrected chi connectivity index (χ0v) is 14.8. The van der Waals surface area contributed by atoms with Gasteiger partial charge < -0.3 is 15.4 Å². The van der Waals surface area contributed by atoms with Gasteiger partial charge in [0.1, 0.15) is 18.2 Å². The van der Waals surface area contributed by atoms with Crippen molar-refractivity contribution >= 4 is 24.0 Å². The van der Waals surface area contributed by atoms with Gasteiger partial charge in [0, 0.05) is 17.7 Å². The molecule has 6 heteroatoms. The van der Waals surface area contributed by atoms with Crippen molar-refractivity contribution < 1.29 is 13.9 Å². The highest BCUT2D eigenvalue weighted by atomic mass is 35.5. The van der Waals surface area contributed by atoms with E-state index in [1.807, 2.05) is 31.2 Å². The lowest BCUT2D eigenvalue weighted by molar-refractivity contribution is -0.121. The van der Waals surface area contributed by atoms with Gasteiger partial charge in [0.15, 0.2) is 0 Å². The minimum Gasteiger partial charge on any atom is -0.489 e. The minimum absolute atomic E-state index is 0. The largest absolute Gasteiger partial charge is 0.489 e. The number of anilines is 1. The van der Waals surface area contributed by atoms with E-state index in [9.17, 15) is 9.18 Å². The van der Waals surface area contributed by atoms with Crippen LogP contribution in [0.25, 0.3) is 0 Å². The fourth-order valence-corrected chi connectivity index (χ4v) is 2.59. The van der Waals surface area contributed by atoms with Crippen LogP contribution in [0, 0.1) is 17.7 Å². The molecule has 2 aromatic carbocycles. The molecule has 134 valence electrons. The number of halogens is 2. The summed E-state index contributed by atoms with van der Waals surface area (Å²) in [6.07, 6.45) is 0. The first kappa shape index (κ1) is 19.2. The van der Waals surface area contributed by atoms with E-state index in [1.54, 1.807) is 12.1 Å². The quantitative estimate of drug-likeness (QED) is 0.823. The van der Waals surface area contributed by atoms with Gasteiger partial charge in [0.05, 0.1) is 0 Å². The van der Waals surface area contributed by atoms with Gasteiger partial charge in [-0.3, -0.25) is 4.79 Å². The lowest BCUT2D eigenvalue weighted by Crippen LogP contribution is -2.48. The van der Waals surface area contributed by atoms with Gasteiger partial charge in [-0.15, -0.1) is 12.4 Å². The number of ether oxygens (including phenoxy) is 1. The molecule has 1 saturated heterocycles. The Kier molecular flexibility index (Phi) is 6.79. The van der Waals surface area contributed by atoms with Crippen LogP contribution in [0.5, 0.6) is 5.75 Å². The second-order valence-corrected chi connectivity index (χ2v) is 6.14. The van der Waals surface area contributed by atoms with Crippen molar-refractivity contribution in [3.05, 3.63) is 59.9 Å². The van der Waals surface area contributed by atoms with Gasteiger partial charge in [-0.05, 0) is 48.8 Å². The molecule has 1 amide bonds. The molecule has 3 rings (SSSR count). The van der Waals surface area contributed by atoms with E-state index < -0.39 is 0 Å². The zero-order chi connectivity index (χ0) is 16.9. The zero-order valence-electron chi connectivity index (χ0n) is 14.0. The van der Waals surface area contributed by atoms with E-state index in [2.05, 4.69) is 10.6 Å². The number of benzene rings is 2. The number of rotatable bonds is 6. The molecule has 1 heterocycles. The van der Waals surface area contributed by atoms with Crippen molar-refractivity contribution in [3.8, 4) is 5.75 Å². The molecular formula is C19H22ClFN2O2. The Labute approximate surface area is 153 Å². The molecule has 2 aromatic rings. The van der Waals surface area contributed by atoms with Crippen LogP contribution in [-0.2, 0) is 11.4 Å². The fourth-order valence-electron chi connectivity index (χ4n) is 2.59. The Balaban J connectivity index is 0.00000225. The summed E-state index contributed by atoms with van der Waals surface area (Å²) in [4.78, 5) is 12.3. The van der Waals surface area contributed by atoms with Crippen LogP contribution in [0.3, 0.4) is 0 Å². The Morgan fingerprint density at radius 3 is 2.72 bits per heavy atom. The van der Waals surface area contributed by atoms with Gasteiger partial charge in [0.2, 0.25) is 5.91 Å². The molecule has 0 saturated carbocycles. The molecule has 0 aromatic heterocycles. The van der Waals surface area contributed by atoms with Crippen LogP contribution in [0.4, 0.5) is 10.1 Å². The number of carbonyl (C=O) groups excluding carboxylic acids is 1. The SMILES string of the molecule is CC(C(=O)Nc1cccc(OCc2cccc(F)c2)c1)C1CNC1.Cl. The van der Waals surface area contributed by atoms with Gasteiger partial charge in [0.25, 0.3) is 0 Å². The number of carbonyl (C=O) groups is 1. The summed E-state index contributed by atoms with van der Waals surface area (Å²) in [5.74, 6) is 0.746. The third-order valence-electron chi connectivity index (χ3n) is 4.33. The predicted octanol–water partition coefficient (Wildman–Crippen LogP) is 3.62. The average Bonchev–Trinajstić information content (AvgIpc) is 2.52. The Hall–Kier alpha value is -2.11. The molecule has 1 fully saturated rings. The predicted molar refractivity (Wildman–Crippen MR) is 98.6 cm³/mol. The van der Waals surface area contributed by atoms with Crippen molar-refractivity contribution in [2.24, 2.45) is 11.8 Å². The van der Waals surface area contributed by atoms with Crippen molar-refractivity contribution in [1.29, 1.82) is 0 Å². The third kappa shape index (κ3) is 5.18. The van der Waals surface area contributed by atoms with Crippen LogP contribution in [0.1, 0.15) is 12.5 Å². The van der Waals surface area contributed by atoms with E-state index in [4.69, 9.17) is 4.74 Å². The number of hydrogen-bond acceptors (Lipinski definition) is 3. The highest BCUT2D eigenvalue weighted by Crippen LogP contribution is 2.22. The van der Waals surface area contributed by atoms with E-state index in [0.29, 0.717) is 17.4 Å². The summed E-state index contributed by atoms with van der Waals surface area (Å²) in [5, 5.41) is 6.11. The van der Waals surface area contributed by atoms with Crippen molar-refractivity contribution in [1.82, 2.24) is 5.32 Å².